The fourth-order valence-electron chi connectivity index (χ4n) is 11.0. The Hall–Kier alpha value is -7.31. The van der Waals surface area contributed by atoms with Gasteiger partial charge in [0.2, 0.25) is 19.4 Å². The number of carbonyl (C=O) groups excluding carboxylic acids is 10. The number of ether oxygens (including phenoxy) is 7. The number of allylic oxidation sites excluding steroid dienone is 1. The number of benzene rings is 2. The Labute approximate surface area is 672 Å². The molecule has 0 unspecified atom stereocenters. The van der Waals surface area contributed by atoms with Crippen LogP contribution in [0.5, 0.6) is 0 Å². The smallest absolute Gasteiger partial charge is 0.325 e. The van der Waals surface area contributed by atoms with Crippen LogP contribution >= 0.6 is 69.6 Å². The number of Topliss-reactive ketones (excluding diaryl/α,β-unsaturated/α-hetero) is 1. The number of carboxylic acids is 1. The number of halogens is 6. The van der Waals surface area contributed by atoms with Gasteiger partial charge in [0, 0.05) is 69.7 Å². The molecule has 2 fully saturated rings. The molecule has 4 amide bonds. The van der Waals surface area contributed by atoms with E-state index in [1.54, 1.807) is 94.4 Å². The number of ketones is 1. The molecule has 4 aromatic rings. The van der Waals surface area contributed by atoms with Crippen molar-refractivity contribution in [2.45, 2.75) is 192 Å². The van der Waals surface area contributed by atoms with Crippen molar-refractivity contribution in [2.24, 2.45) is 34.5 Å². The number of rotatable bonds is 30. The molecule has 5 N–H and O–H groups in total. The van der Waals surface area contributed by atoms with Gasteiger partial charge in [0.1, 0.15) is 61.0 Å². The van der Waals surface area contributed by atoms with Crippen LogP contribution in [0.3, 0.4) is 0 Å². The van der Waals surface area contributed by atoms with Crippen LogP contribution in [0, 0.1) is 34.5 Å². The van der Waals surface area contributed by atoms with Crippen molar-refractivity contribution in [3.63, 3.8) is 0 Å². The summed E-state index contributed by atoms with van der Waals surface area (Å²) in [6, 6.07) is 15.1. The van der Waals surface area contributed by atoms with Crippen LogP contribution in [-0.2, 0) is 85.9 Å². The third-order valence-electron chi connectivity index (χ3n) is 17.3. The van der Waals surface area contributed by atoms with Crippen molar-refractivity contribution in [2.75, 3.05) is 53.7 Å². The molecule has 0 radical (unpaired) electrons. The molecule has 2 saturated heterocycles. The lowest BCUT2D eigenvalue weighted by Crippen LogP contribution is -2.61. The Balaban J connectivity index is 0.000000374. The molecule has 608 valence electrons. The maximum atomic E-state index is 13.7. The van der Waals surface area contributed by atoms with Gasteiger partial charge in [0.05, 0.1) is 53.4 Å². The van der Waals surface area contributed by atoms with Gasteiger partial charge in [-0.05, 0) is 135 Å². The molecule has 0 aliphatic carbocycles. The zero-order valence-corrected chi connectivity index (χ0v) is 69.7. The lowest BCUT2D eigenvalue weighted by molar-refractivity contribution is -0.158. The van der Waals surface area contributed by atoms with Crippen LogP contribution in [0.4, 0.5) is 0 Å². The number of hydrogen-bond donors (Lipinski definition) is 5. The highest BCUT2D eigenvalue weighted by Crippen LogP contribution is 2.32. The molecule has 0 saturated carbocycles. The minimum absolute atomic E-state index is 0.0650. The Bertz CT molecular complexity index is 3930. The first-order valence-electron chi connectivity index (χ1n) is 35.8. The average molecular weight is 1660 g/mol. The minimum Gasteiger partial charge on any atom is -0.481 e. The Kier molecular flexibility index (Phi) is 37.2. The van der Waals surface area contributed by atoms with Gasteiger partial charge in [0.15, 0.2) is 0 Å². The lowest BCUT2D eigenvalue weighted by atomic mass is 9.79. The molecule has 8 atom stereocenters. The Morgan fingerprint density at radius 1 is 0.564 bits per heavy atom. The molecule has 2 aromatic carbocycles. The second-order valence-electron chi connectivity index (χ2n) is 29.5. The summed E-state index contributed by atoms with van der Waals surface area (Å²) in [6.07, 6.45) is 7.74. The number of carbonyl (C=O) groups is 11. The van der Waals surface area contributed by atoms with E-state index in [-0.39, 0.29) is 56.2 Å². The van der Waals surface area contributed by atoms with Crippen LogP contribution in [-0.4, -0.2) is 181 Å². The normalized spacial score (nSPS) is 16.8. The van der Waals surface area contributed by atoms with E-state index in [1.165, 1.54) is 38.1 Å². The van der Waals surface area contributed by atoms with E-state index in [2.05, 4.69) is 31.5 Å². The van der Waals surface area contributed by atoms with Gasteiger partial charge in [-0.15, -0.1) is 0 Å². The monoisotopic (exact) mass is 1650 g/mol. The van der Waals surface area contributed by atoms with Crippen molar-refractivity contribution in [3.8, 4) is 0 Å². The fraction of sp³-hybridized carbons (Fsp3) is 0.571. The standard InChI is InChI=1S/C36H47Cl3N4O8.C22H36Cl3N3O7.C19H21NO4/c1-21(2)26(32(46)41-30(19-49-7)33(47)43-16-8-9-28(42-43)34(48)50-20-36(37,38)39)18-31(45)35(5,6)15-14-24-10-11-25-12-13-27(40-29(25)17-24)22(3)51-23(4)44;1-13(2)14(10-17(29)35-21(3,4)5)18(30)26-16(11-33-6)19(31)28-9-7-8-15(27-28)20(32)34-12-22(23,24)25;1-12(24-13(2)21)16-8-7-15-6-5-14(11-17(15)20-16)9-10-19(3,4)18(22)23/h10-15,17,21-22,26,28,30,42H,8-9,16,18-20H2,1-7H3,(H,41,46);13-16,27H,7-12H2,1-6H3,(H,26,30);5-12H,1-4H3,(H,22,23)/b15-14+;;10-9+/t22-,26+,28+,30+;14-,15-,16-;12-/m101/s1. The van der Waals surface area contributed by atoms with E-state index in [4.69, 9.17) is 108 Å². The van der Waals surface area contributed by atoms with Gasteiger partial charge in [-0.1, -0.05) is 158 Å². The molecule has 0 spiro atoms. The van der Waals surface area contributed by atoms with Gasteiger partial charge < -0.3 is 48.9 Å². The van der Waals surface area contributed by atoms with E-state index in [1.807, 2.05) is 80.6 Å². The van der Waals surface area contributed by atoms with Crippen molar-refractivity contribution in [1.82, 2.24) is 41.5 Å². The number of aromatic nitrogens is 2. The van der Waals surface area contributed by atoms with Crippen LogP contribution in [0.2, 0.25) is 0 Å². The maximum absolute atomic E-state index is 13.7. The number of esters is 5. The summed E-state index contributed by atoms with van der Waals surface area (Å²) in [5.41, 5.74) is 7.56. The van der Waals surface area contributed by atoms with E-state index in [9.17, 15) is 52.7 Å². The van der Waals surface area contributed by atoms with Gasteiger partial charge in [0.25, 0.3) is 11.8 Å². The number of pyridine rings is 2. The predicted octanol–water partition coefficient (Wildman–Crippen LogP) is 12.2. The number of hydrogen-bond acceptors (Lipinski definition) is 22. The van der Waals surface area contributed by atoms with Crippen LogP contribution in [0.15, 0.2) is 72.8 Å². The molecule has 2 aliphatic rings. The molecule has 2 aromatic heterocycles. The highest BCUT2D eigenvalue weighted by Gasteiger charge is 2.40. The first kappa shape index (κ1) is 95.1. The van der Waals surface area contributed by atoms with Crippen LogP contribution in [0.1, 0.15) is 177 Å². The van der Waals surface area contributed by atoms with E-state index < -0.39 is 139 Å². The number of methoxy groups -OCH3 is 2. The number of amides is 4. The van der Waals surface area contributed by atoms with Gasteiger partial charge in [-0.25, -0.2) is 20.8 Å². The summed E-state index contributed by atoms with van der Waals surface area (Å²) >= 11 is 33.9. The second kappa shape index (κ2) is 43.1. The number of hydrazine groups is 2. The number of alkyl halides is 6. The zero-order valence-electron chi connectivity index (χ0n) is 65.2. The molecule has 27 nitrogen and oxygen atoms in total. The molecular formula is C77H104Cl6N8O19. The molecule has 2 aliphatic heterocycles. The van der Waals surface area contributed by atoms with E-state index >= 15 is 0 Å². The summed E-state index contributed by atoms with van der Waals surface area (Å²) in [4.78, 5) is 147. The maximum Gasteiger partial charge on any atom is 0.325 e. The fourth-order valence-corrected chi connectivity index (χ4v) is 11.3. The van der Waals surface area contributed by atoms with Crippen molar-refractivity contribution >= 4 is 169 Å². The zero-order chi connectivity index (χ0) is 83.0. The Morgan fingerprint density at radius 3 is 1.28 bits per heavy atom. The summed E-state index contributed by atoms with van der Waals surface area (Å²) < 4.78 is 32.7. The van der Waals surface area contributed by atoms with Crippen molar-refractivity contribution < 1.29 is 91.0 Å². The predicted molar refractivity (Wildman–Crippen MR) is 420 cm³/mol. The quantitative estimate of drug-likeness (QED) is 0.0184. The molecule has 4 heterocycles. The van der Waals surface area contributed by atoms with E-state index in [0.29, 0.717) is 49.1 Å². The van der Waals surface area contributed by atoms with Crippen LogP contribution < -0.4 is 21.5 Å². The lowest BCUT2D eigenvalue weighted by Gasteiger charge is -2.35. The highest BCUT2D eigenvalue weighted by molar-refractivity contribution is 6.68. The topological polar surface area (TPSA) is 353 Å². The largest absolute Gasteiger partial charge is 0.481 e. The number of aliphatic carboxylic acids is 1. The summed E-state index contributed by atoms with van der Waals surface area (Å²) in [5, 5.41) is 19.0. The average Bonchev–Trinajstić information content (AvgIpc) is 0.829. The molecular weight excluding hydrogens is 1550 g/mol. The third kappa shape index (κ3) is 32.4. The number of nitrogens with one attached hydrogen (secondary N) is 4. The van der Waals surface area contributed by atoms with Gasteiger partial charge in [-0.2, -0.15) is 0 Å². The van der Waals surface area contributed by atoms with Gasteiger partial charge in [-0.3, -0.25) is 62.8 Å². The molecule has 0 bridgehead atoms. The Morgan fingerprint density at radius 2 is 0.936 bits per heavy atom. The summed E-state index contributed by atoms with van der Waals surface area (Å²) in [7, 11) is 2.80. The number of carboxylic acid groups (broad SMARTS) is 1. The number of nitrogens with zero attached hydrogens (tertiary/aromatic N) is 4. The molecule has 6 rings (SSSR count). The molecule has 33 heteroatoms. The van der Waals surface area contributed by atoms with Gasteiger partial charge >= 0.3 is 35.8 Å². The highest BCUT2D eigenvalue weighted by atomic mass is 35.6. The number of fused-ring (bicyclic) bond motifs is 2. The van der Waals surface area contributed by atoms with Crippen molar-refractivity contribution in [1.29, 1.82) is 0 Å². The second-order valence-corrected chi connectivity index (χ2v) is 34.6. The first-order valence-corrected chi connectivity index (χ1v) is 38.0. The first-order chi connectivity index (χ1) is 51.0. The summed E-state index contributed by atoms with van der Waals surface area (Å²) in [6.45, 7) is 25.1. The minimum atomic E-state index is -1.78. The van der Waals surface area contributed by atoms with Crippen LogP contribution in [0.25, 0.3) is 34.0 Å². The molecule has 110 heavy (non-hydrogen) atoms. The third-order valence-corrected chi connectivity index (χ3v) is 17.9. The summed E-state index contributed by atoms with van der Waals surface area (Å²) in [5.74, 6) is -7.46. The van der Waals surface area contributed by atoms with Crippen molar-refractivity contribution in [3.05, 3.63) is 95.3 Å². The van der Waals surface area contributed by atoms with E-state index in [0.717, 1.165) is 27.4 Å². The SMILES string of the molecule is CC(=O)O[C@H](C)c1ccc2ccc(/C=C/C(C)(C)C(=O)O)cc2n1.COC[C@H](NC(=O)[C@@H](CC(=O)C(C)(C)/C=C/c1ccc2ccc([C@@H](C)OC(C)=O)nc2c1)C(C)C)C(=O)N1CCC[C@@H](C(=O)OCC(Cl)(Cl)Cl)N1.COC[C@H](NC(=O)[C@@H](CC(=O)OC(C)(C)C)C(C)C)C(=O)N1CCC[C@@H](C(=O)OCC(Cl)(Cl)Cl)N1.